The van der Waals surface area contributed by atoms with Gasteiger partial charge >= 0.3 is 11.9 Å². The summed E-state index contributed by atoms with van der Waals surface area (Å²) in [5.41, 5.74) is -1.24. The van der Waals surface area contributed by atoms with Gasteiger partial charge in [-0.05, 0) is 30.7 Å². The monoisotopic (exact) mass is 498 g/mol. The number of carbonyl (C=O) groups is 3. The van der Waals surface area contributed by atoms with Crippen LogP contribution in [0.5, 0.6) is 0 Å². The van der Waals surface area contributed by atoms with Gasteiger partial charge in [0.25, 0.3) is 5.54 Å². The molecule has 2 aromatic rings. The molecule has 0 unspecified atom stereocenters. The summed E-state index contributed by atoms with van der Waals surface area (Å²) in [5, 5.41) is 13.5. The van der Waals surface area contributed by atoms with Gasteiger partial charge in [0, 0.05) is 30.2 Å². The number of anilines is 1. The Balaban J connectivity index is 2.16. The number of esters is 2. The van der Waals surface area contributed by atoms with Crippen molar-refractivity contribution in [3.8, 4) is 0 Å². The number of benzene rings is 2. The van der Waals surface area contributed by atoms with Gasteiger partial charge in [0.05, 0.1) is 23.8 Å². The van der Waals surface area contributed by atoms with Crippen molar-refractivity contribution >= 4 is 35.1 Å². The van der Waals surface area contributed by atoms with Gasteiger partial charge in [-0.3, -0.25) is 24.6 Å². The second-order valence-electron chi connectivity index (χ2n) is 8.32. The highest BCUT2D eigenvalue weighted by Crippen LogP contribution is 2.60. The number of halogens is 1. The summed E-state index contributed by atoms with van der Waals surface area (Å²) in [6.45, 7) is 4.00. The van der Waals surface area contributed by atoms with Crippen molar-refractivity contribution in [3.05, 3.63) is 86.1 Å². The highest BCUT2D eigenvalue weighted by molar-refractivity contribution is 6.31. The third-order valence-electron chi connectivity index (χ3n) is 6.45. The highest BCUT2D eigenvalue weighted by Gasteiger charge is 2.71. The fraction of sp³-hybridized carbons (Fsp3) is 0.320. The maximum Gasteiger partial charge on any atom is 0.339 e. The predicted molar refractivity (Wildman–Crippen MR) is 126 cm³/mol. The van der Waals surface area contributed by atoms with Gasteiger partial charge in [-0.15, -0.1) is 0 Å². The first-order valence-corrected chi connectivity index (χ1v) is 11.4. The standard InChI is InChI=1S/C25H23ClN2O7/c1-4-34-24(31)22-21(35-15(3)30)13-18(16-9-5-7-11-19(16)26)25(28(32)33)17-10-6-8-12-20(17)27(14(2)29)23(22)25/h5-12,18,23H,4,13H2,1-3H3/t18-,23+,25+/m0/s1. The number of nitrogens with zero attached hydrogens (tertiary/aromatic N) is 2. The minimum atomic E-state index is -2.00. The Morgan fingerprint density at radius 2 is 1.80 bits per heavy atom. The van der Waals surface area contributed by atoms with E-state index in [4.69, 9.17) is 21.1 Å². The van der Waals surface area contributed by atoms with Crippen LogP contribution < -0.4 is 4.90 Å². The molecular weight excluding hydrogens is 476 g/mol. The lowest BCUT2D eigenvalue weighted by Crippen LogP contribution is -2.59. The molecule has 10 heteroatoms. The number of amides is 1. The smallest absolute Gasteiger partial charge is 0.339 e. The Labute approximate surface area is 206 Å². The zero-order chi connectivity index (χ0) is 25.5. The molecule has 35 heavy (non-hydrogen) atoms. The molecule has 9 nitrogen and oxygen atoms in total. The molecule has 0 saturated carbocycles. The van der Waals surface area contributed by atoms with E-state index in [1.807, 2.05) is 0 Å². The largest absolute Gasteiger partial charge is 0.462 e. The van der Waals surface area contributed by atoms with E-state index in [9.17, 15) is 24.5 Å². The van der Waals surface area contributed by atoms with Crippen LogP contribution in [0.15, 0.2) is 59.9 Å². The van der Waals surface area contributed by atoms with Gasteiger partial charge in [-0.2, -0.15) is 0 Å². The highest BCUT2D eigenvalue weighted by atomic mass is 35.5. The van der Waals surface area contributed by atoms with E-state index in [1.54, 1.807) is 55.5 Å². The molecule has 1 heterocycles. The molecule has 182 valence electrons. The number of nitro groups is 1. The second kappa shape index (κ2) is 9.14. The molecule has 2 aromatic carbocycles. The summed E-state index contributed by atoms with van der Waals surface area (Å²) in [6, 6.07) is 11.7. The van der Waals surface area contributed by atoms with E-state index in [-0.39, 0.29) is 34.9 Å². The Bertz CT molecular complexity index is 1270. The molecule has 0 spiro atoms. The molecule has 1 amide bonds. The van der Waals surface area contributed by atoms with Crippen molar-refractivity contribution in [1.82, 2.24) is 0 Å². The van der Waals surface area contributed by atoms with Crippen LogP contribution in [0.2, 0.25) is 5.02 Å². The van der Waals surface area contributed by atoms with Crippen molar-refractivity contribution in [1.29, 1.82) is 0 Å². The van der Waals surface area contributed by atoms with Crippen molar-refractivity contribution in [3.63, 3.8) is 0 Å². The quantitative estimate of drug-likeness (QED) is 0.346. The number of hydrogen-bond acceptors (Lipinski definition) is 7. The van der Waals surface area contributed by atoms with Crippen molar-refractivity contribution < 1.29 is 28.8 Å². The molecule has 2 aliphatic rings. The van der Waals surface area contributed by atoms with Crippen LogP contribution in [0.4, 0.5) is 5.69 Å². The molecule has 3 atom stereocenters. The van der Waals surface area contributed by atoms with Crippen LogP contribution in [0.1, 0.15) is 44.2 Å². The zero-order valence-corrected chi connectivity index (χ0v) is 20.1. The topological polar surface area (TPSA) is 116 Å². The molecule has 1 aliphatic heterocycles. The van der Waals surface area contributed by atoms with Crippen LogP contribution in [0.3, 0.4) is 0 Å². The molecule has 0 aromatic heterocycles. The summed E-state index contributed by atoms with van der Waals surface area (Å²) < 4.78 is 10.7. The number of hydrogen-bond donors (Lipinski definition) is 0. The minimum absolute atomic E-state index is 0.0190. The van der Waals surface area contributed by atoms with Gasteiger partial charge in [0.15, 0.2) is 0 Å². The van der Waals surface area contributed by atoms with E-state index in [0.29, 0.717) is 11.3 Å². The van der Waals surface area contributed by atoms with Crippen LogP contribution >= 0.6 is 11.6 Å². The van der Waals surface area contributed by atoms with Crippen LogP contribution in [0, 0.1) is 10.1 Å². The normalized spacial score (nSPS) is 22.8. The lowest BCUT2D eigenvalue weighted by Gasteiger charge is -2.41. The SMILES string of the molecule is CCOC(=O)C1=C(OC(C)=O)C[C@@H](c2ccccc2Cl)[C@]2([N+](=O)[O-])c3ccccc3N(C(C)=O)[C@H]12. The first-order chi connectivity index (χ1) is 16.7. The molecule has 0 fully saturated rings. The van der Waals surface area contributed by atoms with Crippen LogP contribution in [-0.4, -0.2) is 35.4 Å². The van der Waals surface area contributed by atoms with Crippen LogP contribution in [-0.2, 0) is 29.4 Å². The van der Waals surface area contributed by atoms with Crippen molar-refractivity contribution in [2.24, 2.45) is 0 Å². The molecule has 4 rings (SSSR count). The lowest BCUT2D eigenvalue weighted by molar-refractivity contribution is -0.586. The number of allylic oxidation sites excluding steroid dienone is 1. The maximum atomic E-state index is 13.3. The number of ether oxygens (including phenoxy) is 2. The van der Waals surface area contributed by atoms with Crippen molar-refractivity contribution in [2.75, 3.05) is 11.5 Å². The third kappa shape index (κ3) is 3.67. The van der Waals surface area contributed by atoms with Gasteiger partial charge in [0.1, 0.15) is 17.4 Å². The predicted octanol–water partition coefficient (Wildman–Crippen LogP) is 4.11. The van der Waals surface area contributed by atoms with E-state index in [2.05, 4.69) is 0 Å². The summed E-state index contributed by atoms with van der Waals surface area (Å²) >= 11 is 6.52. The average molecular weight is 499 g/mol. The Morgan fingerprint density at radius 3 is 2.40 bits per heavy atom. The lowest BCUT2D eigenvalue weighted by atomic mass is 9.64. The van der Waals surface area contributed by atoms with E-state index in [0.717, 1.165) is 0 Å². The van der Waals surface area contributed by atoms with Gasteiger partial charge in [-0.25, -0.2) is 4.79 Å². The van der Waals surface area contributed by atoms with E-state index in [1.165, 1.54) is 18.7 Å². The first-order valence-electron chi connectivity index (χ1n) is 11.0. The number of carbonyl (C=O) groups excluding carboxylic acids is 3. The molecule has 0 radical (unpaired) electrons. The number of para-hydroxylation sites is 1. The third-order valence-corrected chi connectivity index (χ3v) is 6.79. The minimum Gasteiger partial charge on any atom is -0.462 e. The Morgan fingerprint density at radius 1 is 1.14 bits per heavy atom. The molecule has 1 aliphatic carbocycles. The molecule has 0 N–H and O–H groups in total. The Kier molecular flexibility index (Phi) is 6.38. The molecule has 0 saturated heterocycles. The second-order valence-corrected chi connectivity index (χ2v) is 8.73. The van der Waals surface area contributed by atoms with E-state index >= 15 is 0 Å². The number of fused-ring (bicyclic) bond motifs is 3. The summed E-state index contributed by atoms with van der Waals surface area (Å²) in [6.07, 6.45) is -0.185. The fourth-order valence-corrected chi connectivity index (χ4v) is 5.59. The van der Waals surface area contributed by atoms with Gasteiger partial charge in [-0.1, -0.05) is 41.9 Å². The first kappa shape index (κ1) is 24.4. The summed E-state index contributed by atoms with van der Waals surface area (Å²) in [5.74, 6) is -3.18. The zero-order valence-electron chi connectivity index (χ0n) is 19.3. The summed E-state index contributed by atoms with van der Waals surface area (Å²) in [4.78, 5) is 52.2. The molecule has 0 bridgehead atoms. The molecular formula is C25H23ClN2O7. The Hall–Kier alpha value is -3.72. The number of rotatable bonds is 5. The van der Waals surface area contributed by atoms with Gasteiger partial charge < -0.3 is 9.47 Å². The van der Waals surface area contributed by atoms with Crippen molar-refractivity contribution in [2.45, 2.75) is 44.7 Å². The maximum absolute atomic E-state index is 13.3. The summed E-state index contributed by atoms with van der Waals surface area (Å²) in [7, 11) is 0. The fourth-order valence-electron chi connectivity index (χ4n) is 5.32. The average Bonchev–Trinajstić information content (AvgIpc) is 3.11. The van der Waals surface area contributed by atoms with Gasteiger partial charge in [0.2, 0.25) is 5.91 Å². The van der Waals surface area contributed by atoms with Crippen LogP contribution in [0.25, 0.3) is 0 Å². The van der Waals surface area contributed by atoms with E-state index < -0.39 is 40.3 Å².